The Hall–Kier alpha value is -2.01. The summed E-state index contributed by atoms with van der Waals surface area (Å²) >= 11 is 3.43. The number of nitrogens with zero attached hydrogens (tertiary/aromatic N) is 1. The minimum atomic E-state index is 0.362. The average molecular weight is 318 g/mol. The molecule has 0 radical (unpaired) electrons. The SMILES string of the molecule is Nc1ccccc1OCc1nc2ccc(Br)cc2[nH]1. The number of ether oxygens (including phenoxy) is 1. The fourth-order valence-electron chi connectivity index (χ4n) is 1.86. The van der Waals surface area contributed by atoms with Crippen LogP contribution in [0.1, 0.15) is 5.82 Å². The minimum Gasteiger partial charge on any atom is -0.484 e. The third-order valence-electron chi connectivity index (χ3n) is 2.78. The maximum absolute atomic E-state index is 5.82. The Morgan fingerprint density at radius 2 is 2.05 bits per heavy atom. The van der Waals surface area contributed by atoms with Crippen molar-refractivity contribution >= 4 is 32.7 Å². The van der Waals surface area contributed by atoms with Crippen LogP contribution in [-0.2, 0) is 6.61 Å². The second-order valence-electron chi connectivity index (χ2n) is 4.17. The van der Waals surface area contributed by atoms with E-state index in [0.717, 1.165) is 21.3 Å². The van der Waals surface area contributed by atoms with E-state index in [4.69, 9.17) is 10.5 Å². The highest BCUT2D eigenvalue weighted by molar-refractivity contribution is 9.10. The number of para-hydroxylation sites is 2. The zero-order valence-electron chi connectivity index (χ0n) is 10.1. The standard InChI is InChI=1S/C14H12BrN3O/c15-9-5-6-11-12(7-9)18-14(17-11)8-19-13-4-2-1-3-10(13)16/h1-7H,8,16H2,(H,17,18). The predicted molar refractivity (Wildman–Crippen MR) is 79.0 cm³/mol. The number of halogens is 1. The summed E-state index contributed by atoms with van der Waals surface area (Å²) in [5, 5.41) is 0. The first-order valence-electron chi connectivity index (χ1n) is 5.84. The monoisotopic (exact) mass is 317 g/mol. The lowest BCUT2D eigenvalue weighted by Gasteiger charge is -2.06. The topological polar surface area (TPSA) is 63.9 Å². The van der Waals surface area contributed by atoms with Gasteiger partial charge in [-0.3, -0.25) is 0 Å². The second kappa shape index (κ2) is 4.93. The number of benzene rings is 2. The van der Waals surface area contributed by atoms with Crippen LogP contribution in [0, 0.1) is 0 Å². The van der Waals surface area contributed by atoms with Gasteiger partial charge in [-0.15, -0.1) is 0 Å². The number of rotatable bonds is 3. The third-order valence-corrected chi connectivity index (χ3v) is 3.27. The van der Waals surface area contributed by atoms with E-state index >= 15 is 0 Å². The number of fused-ring (bicyclic) bond motifs is 1. The van der Waals surface area contributed by atoms with Gasteiger partial charge in [0.1, 0.15) is 18.2 Å². The molecular weight excluding hydrogens is 306 g/mol. The van der Waals surface area contributed by atoms with Gasteiger partial charge in [0.15, 0.2) is 0 Å². The highest BCUT2D eigenvalue weighted by atomic mass is 79.9. The molecule has 3 rings (SSSR count). The van der Waals surface area contributed by atoms with E-state index in [0.29, 0.717) is 18.0 Å². The summed E-state index contributed by atoms with van der Waals surface area (Å²) in [6.45, 7) is 0.362. The number of aromatic amines is 1. The van der Waals surface area contributed by atoms with Crippen molar-refractivity contribution in [2.45, 2.75) is 6.61 Å². The molecule has 0 aliphatic carbocycles. The Morgan fingerprint density at radius 3 is 2.89 bits per heavy atom. The molecule has 0 saturated carbocycles. The van der Waals surface area contributed by atoms with E-state index < -0.39 is 0 Å². The van der Waals surface area contributed by atoms with Crippen LogP contribution in [0.15, 0.2) is 46.9 Å². The first-order chi connectivity index (χ1) is 9.22. The van der Waals surface area contributed by atoms with Gasteiger partial charge in [-0.1, -0.05) is 28.1 Å². The molecule has 3 N–H and O–H groups in total. The van der Waals surface area contributed by atoms with Gasteiger partial charge in [-0.05, 0) is 30.3 Å². The molecule has 0 aliphatic rings. The van der Waals surface area contributed by atoms with Gasteiger partial charge in [0.25, 0.3) is 0 Å². The molecule has 3 aromatic rings. The molecule has 5 heteroatoms. The molecule has 0 bridgehead atoms. The van der Waals surface area contributed by atoms with E-state index in [9.17, 15) is 0 Å². The van der Waals surface area contributed by atoms with Crippen molar-refractivity contribution < 1.29 is 4.74 Å². The molecule has 0 spiro atoms. The normalized spacial score (nSPS) is 10.8. The van der Waals surface area contributed by atoms with E-state index in [2.05, 4.69) is 25.9 Å². The van der Waals surface area contributed by atoms with Crippen LogP contribution in [0.3, 0.4) is 0 Å². The lowest BCUT2D eigenvalue weighted by Crippen LogP contribution is -1.99. The number of H-pyrrole nitrogens is 1. The largest absolute Gasteiger partial charge is 0.484 e. The number of anilines is 1. The van der Waals surface area contributed by atoms with Gasteiger partial charge in [-0.2, -0.15) is 0 Å². The molecule has 0 saturated heterocycles. The Morgan fingerprint density at radius 1 is 1.21 bits per heavy atom. The minimum absolute atomic E-state index is 0.362. The molecule has 0 aliphatic heterocycles. The molecule has 0 fully saturated rings. The quantitative estimate of drug-likeness (QED) is 0.727. The van der Waals surface area contributed by atoms with E-state index in [1.807, 2.05) is 42.5 Å². The van der Waals surface area contributed by atoms with Crippen molar-refractivity contribution in [2.24, 2.45) is 0 Å². The van der Waals surface area contributed by atoms with Gasteiger partial charge in [0.2, 0.25) is 0 Å². The summed E-state index contributed by atoms with van der Waals surface area (Å²) in [6, 6.07) is 13.3. The van der Waals surface area contributed by atoms with E-state index in [1.54, 1.807) is 0 Å². The van der Waals surface area contributed by atoms with Crippen molar-refractivity contribution in [3.8, 4) is 5.75 Å². The van der Waals surface area contributed by atoms with E-state index in [1.165, 1.54) is 0 Å². The molecular formula is C14H12BrN3O. The molecule has 2 aromatic carbocycles. The zero-order chi connectivity index (χ0) is 13.2. The number of hydrogen-bond acceptors (Lipinski definition) is 3. The van der Waals surface area contributed by atoms with Crippen LogP contribution in [0.5, 0.6) is 5.75 Å². The summed E-state index contributed by atoms with van der Waals surface area (Å²) in [4.78, 5) is 7.68. The van der Waals surface area contributed by atoms with Crippen molar-refractivity contribution in [3.05, 3.63) is 52.8 Å². The Labute approximate surface area is 118 Å². The zero-order valence-corrected chi connectivity index (χ0v) is 11.6. The fraction of sp³-hybridized carbons (Fsp3) is 0.0714. The Balaban J connectivity index is 1.80. The smallest absolute Gasteiger partial charge is 0.146 e. The summed E-state index contributed by atoms with van der Waals surface area (Å²) in [7, 11) is 0. The van der Waals surface area contributed by atoms with Crippen molar-refractivity contribution in [2.75, 3.05) is 5.73 Å². The number of hydrogen-bond donors (Lipinski definition) is 2. The van der Waals surface area contributed by atoms with Gasteiger partial charge in [0.05, 0.1) is 16.7 Å². The molecule has 19 heavy (non-hydrogen) atoms. The second-order valence-corrected chi connectivity index (χ2v) is 5.09. The Bertz CT molecular complexity index is 724. The van der Waals surface area contributed by atoms with Crippen LogP contribution in [-0.4, -0.2) is 9.97 Å². The van der Waals surface area contributed by atoms with Gasteiger partial charge < -0.3 is 15.5 Å². The molecule has 4 nitrogen and oxygen atoms in total. The lowest BCUT2D eigenvalue weighted by molar-refractivity contribution is 0.299. The van der Waals surface area contributed by atoms with Gasteiger partial charge >= 0.3 is 0 Å². The molecule has 1 aromatic heterocycles. The van der Waals surface area contributed by atoms with Crippen molar-refractivity contribution in [1.82, 2.24) is 9.97 Å². The summed E-state index contributed by atoms with van der Waals surface area (Å²) < 4.78 is 6.67. The van der Waals surface area contributed by atoms with Crippen LogP contribution < -0.4 is 10.5 Å². The molecule has 0 atom stereocenters. The Kier molecular flexibility index (Phi) is 3.13. The number of nitrogens with two attached hydrogens (primary N) is 1. The van der Waals surface area contributed by atoms with E-state index in [-0.39, 0.29) is 0 Å². The van der Waals surface area contributed by atoms with Crippen molar-refractivity contribution in [3.63, 3.8) is 0 Å². The number of imidazole rings is 1. The highest BCUT2D eigenvalue weighted by Crippen LogP contribution is 2.22. The third kappa shape index (κ3) is 2.56. The van der Waals surface area contributed by atoms with Gasteiger partial charge in [-0.25, -0.2) is 4.98 Å². The van der Waals surface area contributed by atoms with Crippen molar-refractivity contribution in [1.29, 1.82) is 0 Å². The maximum Gasteiger partial charge on any atom is 0.146 e. The lowest BCUT2D eigenvalue weighted by atomic mass is 10.3. The first-order valence-corrected chi connectivity index (χ1v) is 6.63. The summed E-state index contributed by atoms with van der Waals surface area (Å²) in [5.41, 5.74) is 8.34. The van der Waals surface area contributed by atoms with Crippen LogP contribution in [0.2, 0.25) is 0 Å². The first kappa shape index (κ1) is 12.0. The average Bonchev–Trinajstić information content (AvgIpc) is 2.79. The van der Waals surface area contributed by atoms with Gasteiger partial charge in [0, 0.05) is 4.47 Å². The summed E-state index contributed by atoms with van der Waals surface area (Å²) in [6.07, 6.45) is 0. The molecule has 96 valence electrons. The number of nitrogen functional groups attached to an aromatic ring is 1. The number of aromatic nitrogens is 2. The fourth-order valence-corrected chi connectivity index (χ4v) is 2.22. The predicted octanol–water partition coefficient (Wildman–Crippen LogP) is 3.49. The highest BCUT2D eigenvalue weighted by Gasteiger charge is 2.05. The molecule has 0 amide bonds. The van der Waals surface area contributed by atoms with Crippen LogP contribution in [0.4, 0.5) is 5.69 Å². The van der Waals surface area contributed by atoms with Crippen LogP contribution >= 0.6 is 15.9 Å². The molecule has 1 heterocycles. The maximum atomic E-state index is 5.82. The summed E-state index contributed by atoms with van der Waals surface area (Å²) in [5.74, 6) is 1.44. The number of nitrogens with one attached hydrogen (secondary N) is 1. The molecule has 0 unspecified atom stereocenters. The van der Waals surface area contributed by atoms with Crippen LogP contribution in [0.25, 0.3) is 11.0 Å².